The molecule has 9 aromatic rings. The number of benzene rings is 8. The third-order valence-electron chi connectivity index (χ3n) is 10.9. The number of para-hydroxylation sites is 3. The Bertz CT molecular complexity index is 2780. The fourth-order valence-corrected chi connectivity index (χ4v) is 8.45. The summed E-state index contributed by atoms with van der Waals surface area (Å²) in [5.74, 6) is 0. The summed E-state index contributed by atoms with van der Waals surface area (Å²) in [5.41, 5.74) is 15.2. The summed E-state index contributed by atoms with van der Waals surface area (Å²) in [5, 5.41) is 4.65. The highest BCUT2D eigenvalue weighted by atomic mass is 16.3. The van der Waals surface area contributed by atoms with Gasteiger partial charge in [0.1, 0.15) is 11.2 Å². The molecule has 1 aliphatic carbocycles. The Morgan fingerprint density at radius 2 is 1.02 bits per heavy atom. The van der Waals surface area contributed by atoms with E-state index in [0.717, 1.165) is 50.1 Å². The van der Waals surface area contributed by atoms with Gasteiger partial charge in [0.25, 0.3) is 0 Å². The third-order valence-corrected chi connectivity index (χ3v) is 10.9. The average Bonchev–Trinajstić information content (AvgIpc) is 3.68. The molecule has 0 spiro atoms. The average molecular weight is 654 g/mol. The van der Waals surface area contributed by atoms with Crippen molar-refractivity contribution in [2.24, 2.45) is 0 Å². The zero-order valence-electron chi connectivity index (χ0n) is 28.6. The molecule has 0 fully saturated rings. The molecule has 1 aromatic heterocycles. The summed E-state index contributed by atoms with van der Waals surface area (Å²) < 4.78 is 6.58. The van der Waals surface area contributed by atoms with E-state index in [0.29, 0.717) is 0 Å². The van der Waals surface area contributed by atoms with Crippen LogP contribution in [0.25, 0.3) is 66.1 Å². The van der Waals surface area contributed by atoms with Gasteiger partial charge >= 0.3 is 0 Å². The van der Waals surface area contributed by atoms with E-state index in [2.05, 4.69) is 189 Å². The van der Waals surface area contributed by atoms with Crippen molar-refractivity contribution in [3.63, 3.8) is 0 Å². The van der Waals surface area contributed by atoms with Crippen molar-refractivity contribution in [2.75, 3.05) is 4.90 Å². The van der Waals surface area contributed by atoms with Crippen molar-refractivity contribution < 1.29 is 4.42 Å². The molecule has 51 heavy (non-hydrogen) atoms. The van der Waals surface area contributed by atoms with Crippen LogP contribution in [0.3, 0.4) is 0 Å². The molecule has 0 atom stereocenters. The second-order valence-corrected chi connectivity index (χ2v) is 14.1. The molecule has 0 amide bonds. The standard InChI is InChI=1S/C49H35NO/c1-49(2)42-23-8-5-19-41(42)47-36(20-13-24-43(47)49)33-28-30-34(31-29-33)50(44-26-11-15-32-14-3-4-16-35(32)44)45-25-9-6-17-37(45)39-21-12-22-40-38-18-7-10-27-46(38)51-48(39)40/h3-31H,1-2H3. The lowest BCUT2D eigenvalue weighted by atomic mass is 9.82. The predicted octanol–water partition coefficient (Wildman–Crippen LogP) is 13.8. The minimum Gasteiger partial charge on any atom is -0.455 e. The summed E-state index contributed by atoms with van der Waals surface area (Å²) in [7, 11) is 0. The van der Waals surface area contributed by atoms with Gasteiger partial charge < -0.3 is 9.32 Å². The van der Waals surface area contributed by atoms with Gasteiger partial charge in [-0.1, -0.05) is 159 Å². The van der Waals surface area contributed by atoms with Gasteiger partial charge in [0.15, 0.2) is 0 Å². The van der Waals surface area contributed by atoms with E-state index in [4.69, 9.17) is 4.42 Å². The normalized spacial score (nSPS) is 13.1. The number of anilines is 3. The van der Waals surface area contributed by atoms with Gasteiger partial charge in [-0.2, -0.15) is 0 Å². The van der Waals surface area contributed by atoms with Crippen LogP contribution < -0.4 is 4.90 Å². The minimum absolute atomic E-state index is 0.0422. The lowest BCUT2D eigenvalue weighted by Crippen LogP contribution is -2.14. The Kier molecular flexibility index (Phi) is 6.56. The second-order valence-electron chi connectivity index (χ2n) is 14.1. The highest BCUT2D eigenvalue weighted by Gasteiger charge is 2.36. The Morgan fingerprint density at radius 3 is 1.90 bits per heavy atom. The summed E-state index contributed by atoms with van der Waals surface area (Å²) in [6.45, 7) is 4.69. The van der Waals surface area contributed by atoms with Gasteiger partial charge in [0.05, 0.1) is 11.4 Å². The van der Waals surface area contributed by atoms with Crippen molar-refractivity contribution in [3.05, 3.63) is 187 Å². The molecular weight excluding hydrogens is 619 g/mol. The molecule has 0 saturated heterocycles. The second kappa shape index (κ2) is 11.3. The van der Waals surface area contributed by atoms with Crippen LogP contribution >= 0.6 is 0 Å². The fourth-order valence-electron chi connectivity index (χ4n) is 8.45. The maximum absolute atomic E-state index is 6.58. The summed E-state index contributed by atoms with van der Waals surface area (Å²) >= 11 is 0. The van der Waals surface area contributed by atoms with E-state index in [1.165, 1.54) is 44.2 Å². The van der Waals surface area contributed by atoms with Crippen molar-refractivity contribution in [1.82, 2.24) is 0 Å². The molecule has 10 rings (SSSR count). The van der Waals surface area contributed by atoms with Gasteiger partial charge in [-0.3, -0.25) is 0 Å². The molecule has 0 aliphatic heterocycles. The molecule has 0 N–H and O–H groups in total. The molecule has 0 saturated carbocycles. The van der Waals surface area contributed by atoms with E-state index in [1.807, 2.05) is 6.07 Å². The molecule has 1 aliphatic rings. The molecular formula is C49H35NO. The zero-order valence-corrected chi connectivity index (χ0v) is 28.6. The summed E-state index contributed by atoms with van der Waals surface area (Å²) in [4.78, 5) is 2.41. The van der Waals surface area contributed by atoms with Crippen LogP contribution in [0.2, 0.25) is 0 Å². The van der Waals surface area contributed by atoms with E-state index in [1.54, 1.807) is 0 Å². The first-order valence-electron chi connectivity index (χ1n) is 17.7. The van der Waals surface area contributed by atoms with Crippen LogP contribution in [0.1, 0.15) is 25.0 Å². The van der Waals surface area contributed by atoms with Crippen molar-refractivity contribution in [1.29, 1.82) is 0 Å². The number of hydrogen-bond acceptors (Lipinski definition) is 2. The highest BCUT2D eigenvalue weighted by molar-refractivity contribution is 6.11. The quantitative estimate of drug-likeness (QED) is 0.184. The molecule has 242 valence electrons. The number of nitrogens with zero attached hydrogens (tertiary/aromatic N) is 1. The molecule has 1 heterocycles. The minimum atomic E-state index is -0.0422. The first-order valence-corrected chi connectivity index (χ1v) is 17.7. The number of hydrogen-bond donors (Lipinski definition) is 0. The maximum atomic E-state index is 6.58. The van der Waals surface area contributed by atoms with Crippen LogP contribution in [0.15, 0.2) is 180 Å². The number of furan rings is 1. The fraction of sp³-hybridized carbons (Fsp3) is 0.0612. The van der Waals surface area contributed by atoms with E-state index in [-0.39, 0.29) is 5.41 Å². The lowest BCUT2D eigenvalue weighted by Gasteiger charge is -2.29. The van der Waals surface area contributed by atoms with Crippen LogP contribution in [-0.4, -0.2) is 0 Å². The van der Waals surface area contributed by atoms with E-state index < -0.39 is 0 Å². The molecule has 8 aromatic carbocycles. The van der Waals surface area contributed by atoms with Crippen LogP contribution in [0, 0.1) is 0 Å². The SMILES string of the molecule is CC1(C)c2ccccc2-c2c(-c3ccc(N(c4ccccc4-c4cccc5c4oc4ccccc45)c4cccc5ccccc45)cc3)cccc21. The largest absolute Gasteiger partial charge is 0.455 e. The van der Waals surface area contributed by atoms with Gasteiger partial charge in [0.2, 0.25) is 0 Å². The van der Waals surface area contributed by atoms with E-state index in [9.17, 15) is 0 Å². The Labute approximate surface area is 297 Å². The Morgan fingerprint density at radius 1 is 0.431 bits per heavy atom. The van der Waals surface area contributed by atoms with E-state index >= 15 is 0 Å². The lowest BCUT2D eigenvalue weighted by molar-refractivity contribution is 0.660. The first kappa shape index (κ1) is 29.5. The zero-order chi connectivity index (χ0) is 34.1. The molecule has 0 bridgehead atoms. The van der Waals surface area contributed by atoms with Gasteiger partial charge in [-0.05, 0) is 69.1 Å². The first-order chi connectivity index (χ1) is 25.1. The molecule has 2 nitrogen and oxygen atoms in total. The molecule has 0 radical (unpaired) electrons. The van der Waals surface area contributed by atoms with Gasteiger partial charge in [-0.15, -0.1) is 0 Å². The van der Waals surface area contributed by atoms with Gasteiger partial charge in [-0.25, -0.2) is 0 Å². The smallest absolute Gasteiger partial charge is 0.143 e. The maximum Gasteiger partial charge on any atom is 0.143 e. The molecule has 0 unspecified atom stereocenters. The number of rotatable bonds is 5. The number of fused-ring (bicyclic) bond motifs is 7. The highest BCUT2D eigenvalue weighted by Crippen LogP contribution is 2.52. The summed E-state index contributed by atoms with van der Waals surface area (Å²) in [6.07, 6.45) is 0. The predicted molar refractivity (Wildman–Crippen MR) is 214 cm³/mol. The monoisotopic (exact) mass is 653 g/mol. The van der Waals surface area contributed by atoms with Crippen molar-refractivity contribution >= 4 is 49.8 Å². The third kappa shape index (κ3) is 4.50. The summed E-state index contributed by atoms with van der Waals surface area (Å²) in [6, 6.07) is 63.6. The van der Waals surface area contributed by atoms with Crippen molar-refractivity contribution in [2.45, 2.75) is 19.3 Å². The molecule has 2 heteroatoms. The van der Waals surface area contributed by atoms with Crippen LogP contribution in [0.5, 0.6) is 0 Å². The Hall–Kier alpha value is -6.38. The topological polar surface area (TPSA) is 16.4 Å². The van der Waals surface area contributed by atoms with Gasteiger partial charge in [0, 0.05) is 38.4 Å². The van der Waals surface area contributed by atoms with Crippen LogP contribution in [0.4, 0.5) is 17.1 Å². The van der Waals surface area contributed by atoms with Crippen LogP contribution in [-0.2, 0) is 5.41 Å². The Balaban J connectivity index is 1.17. The van der Waals surface area contributed by atoms with Crippen molar-refractivity contribution in [3.8, 4) is 33.4 Å².